The summed E-state index contributed by atoms with van der Waals surface area (Å²) in [5, 5.41) is 0. The number of hydrogen-bond acceptors (Lipinski definition) is 2. The summed E-state index contributed by atoms with van der Waals surface area (Å²) in [4.78, 5) is 16.8. The first-order valence-corrected chi connectivity index (χ1v) is 7.29. The molecule has 0 aliphatic rings. The summed E-state index contributed by atoms with van der Waals surface area (Å²) in [5.74, 6) is 0. The molecular weight excluding hydrogens is 288 g/mol. The summed E-state index contributed by atoms with van der Waals surface area (Å²) < 4.78 is 14.7. The van der Waals surface area contributed by atoms with Crippen LogP contribution in [0.3, 0.4) is 0 Å². The zero-order chi connectivity index (χ0) is 11.6. The zero-order valence-electron chi connectivity index (χ0n) is 17.6. The van der Waals surface area contributed by atoms with E-state index in [4.69, 9.17) is 9.79 Å². The topological polar surface area (TPSA) is 66.8 Å². The molecule has 0 saturated heterocycles. The number of rotatable bonds is 10. The van der Waals surface area contributed by atoms with Crippen LogP contribution in [0.5, 0.6) is 0 Å². The van der Waals surface area contributed by atoms with E-state index in [0.717, 1.165) is 19.3 Å². The molecule has 4 nitrogen and oxygen atoms in total. The fraction of sp³-hybridized carbons (Fsp3) is 1.00. The van der Waals surface area contributed by atoms with E-state index in [1.54, 1.807) is 0 Å². The third kappa shape index (κ3) is 26.9. The predicted molar refractivity (Wildman–Crippen MR) is 84.5 cm³/mol. The van der Waals surface area contributed by atoms with Crippen molar-refractivity contribution in [1.29, 1.82) is 0 Å². The Balaban J connectivity index is -0.0000000272. The molecule has 0 heterocycles. The average Bonchev–Trinajstić information content (AvgIpc) is 2.14. The number of phosphoric ester groups is 1. The average molecular weight is 317 g/mol. The van der Waals surface area contributed by atoms with Crippen molar-refractivity contribution in [3.05, 3.63) is 0 Å². The quantitative estimate of drug-likeness (QED) is 0.369. The SMILES string of the molecule is CCCCCCCCCCOP(=O)(O)O.[H-].[H-].[H-].[H-].[H-].[H-].[Mg+2].[Mg+2].[Mg+2]. The fourth-order valence-corrected chi connectivity index (χ4v) is 1.79. The first-order chi connectivity index (χ1) is 7.06. The van der Waals surface area contributed by atoms with Gasteiger partial charge in [0.1, 0.15) is 0 Å². The summed E-state index contributed by atoms with van der Waals surface area (Å²) in [7, 11) is -4.24. The van der Waals surface area contributed by atoms with Crippen LogP contribution >= 0.6 is 7.82 Å². The smallest absolute Gasteiger partial charge is 1.00 e. The Morgan fingerprint density at radius 1 is 0.889 bits per heavy atom. The van der Waals surface area contributed by atoms with Gasteiger partial charge < -0.3 is 18.3 Å². The Labute approximate surface area is 168 Å². The van der Waals surface area contributed by atoms with E-state index in [9.17, 15) is 4.57 Å². The van der Waals surface area contributed by atoms with Crippen molar-refractivity contribution in [3.63, 3.8) is 0 Å². The van der Waals surface area contributed by atoms with Crippen LogP contribution in [0.4, 0.5) is 0 Å². The molecular formula is C10H29Mg3O4P. The van der Waals surface area contributed by atoms with Crippen LogP contribution in [0.25, 0.3) is 0 Å². The molecule has 0 aliphatic carbocycles. The molecule has 0 rings (SSSR count). The minimum absolute atomic E-state index is 0. The van der Waals surface area contributed by atoms with E-state index in [-0.39, 0.29) is 84.3 Å². The normalized spacial score (nSPS) is 9.94. The molecule has 0 aromatic heterocycles. The van der Waals surface area contributed by atoms with Gasteiger partial charge in [0.25, 0.3) is 0 Å². The second-order valence-electron chi connectivity index (χ2n) is 3.80. The van der Waals surface area contributed by atoms with Gasteiger partial charge in [0.2, 0.25) is 0 Å². The van der Waals surface area contributed by atoms with Gasteiger partial charge >= 0.3 is 77.0 Å². The van der Waals surface area contributed by atoms with Gasteiger partial charge in [-0.25, -0.2) is 4.57 Å². The van der Waals surface area contributed by atoms with Crippen LogP contribution in [-0.2, 0) is 9.09 Å². The van der Waals surface area contributed by atoms with Crippen molar-refractivity contribution in [2.45, 2.75) is 58.3 Å². The molecule has 0 atom stereocenters. The van der Waals surface area contributed by atoms with Crippen LogP contribution in [0.2, 0.25) is 0 Å². The summed E-state index contributed by atoms with van der Waals surface area (Å²) in [6.07, 6.45) is 9.22. The second-order valence-corrected chi connectivity index (χ2v) is 5.04. The molecule has 0 bridgehead atoms. The molecule has 0 aliphatic heterocycles. The monoisotopic (exact) mass is 316 g/mol. The van der Waals surface area contributed by atoms with Gasteiger partial charge in [-0.05, 0) is 6.42 Å². The predicted octanol–water partition coefficient (Wildman–Crippen LogP) is 2.77. The van der Waals surface area contributed by atoms with Crippen molar-refractivity contribution < 1.29 is 27.4 Å². The molecule has 0 aromatic carbocycles. The largest absolute Gasteiger partial charge is 2.00 e. The van der Waals surface area contributed by atoms with Crippen LogP contribution in [0.1, 0.15) is 66.9 Å². The molecule has 0 aromatic rings. The van der Waals surface area contributed by atoms with Crippen LogP contribution in [0.15, 0.2) is 0 Å². The van der Waals surface area contributed by atoms with Crippen LogP contribution < -0.4 is 0 Å². The maximum Gasteiger partial charge on any atom is 2.00 e. The molecule has 104 valence electrons. The van der Waals surface area contributed by atoms with Crippen molar-refractivity contribution in [1.82, 2.24) is 0 Å². The van der Waals surface area contributed by atoms with Gasteiger partial charge in [0.15, 0.2) is 0 Å². The third-order valence-electron chi connectivity index (χ3n) is 2.26. The van der Waals surface area contributed by atoms with Crippen molar-refractivity contribution in [2.24, 2.45) is 0 Å². The van der Waals surface area contributed by atoms with Crippen LogP contribution in [-0.4, -0.2) is 85.6 Å². The molecule has 0 radical (unpaired) electrons. The Kier molecular flexibility index (Phi) is 30.8. The van der Waals surface area contributed by atoms with Gasteiger partial charge in [-0.2, -0.15) is 0 Å². The Hall–Kier alpha value is 2.41. The summed E-state index contributed by atoms with van der Waals surface area (Å²) in [5.41, 5.74) is 0. The number of phosphoric acid groups is 1. The minimum Gasteiger partial charge on any atom is -1.00 e. The van der Waals surface area contributed by atoms with Crippen LogP contribution in [0, 0.1) is 0 Å². The summed E-state index contributed by atoms with van der Waals surface area (Å²) in [6, 6.07) is 0. The van der Waals surface area contributed by atoms with Gasteiger partial charge in [-0.3, -0.25) is 4.52 Å². The molecule has 0 fully saturated rings. The Bertz CT molecular complexity index is 209. The van der Waals surface area contributed by atoms with E-state index < -0.39 is 7.82 Å². The number of hydrogen-bond donors (Lipinski definition) is 2. The zero-order valence-corrected chi connectivity index (χ0v) is 16.8. The summed E-state index contributed by atoms with van der Waals surface area (Å²) >= 11 is 0. The van der Waals surface area contributed by atoms with E-state index in [1.807, 2.05) is 0 Å². The Morgan fingerprint density at radius 2 is 1.28 bits per heavy atom. The van der Waals surface area contributed by atoms with Gasteiger partial charge in [-0.15, -0.1) is 0 Å². The van der Waals surface area contributed by atoms with Crippen molar-refractivity contribution >= 4 is 77.0 Å². The third-order valence-corrected chi connectivity index (χ3v) is 2.78. The number of unbranched alkanes of at least 4 members (excludes halogenated alkanes) is 7. The maximum atomic E-state index is 10.3. The molecule has 0 spiro atoms. The van der Waals surface area contributed by atoms with E-state index in [0.29, 0.717) is 0 Å². The summed E-state index contributed by atoms with van der Waals surface area (Å²) in [6.45, 7) is 2.36. The second kappa shape index (κ2) is 19.4. The molecule has 8 heteroatoms. The van der Waals surface area contributed by atoms with Gasteiger partial charge in [0, 0.05) is 0 Å². The molecule has 0 amide bonds. The molecule has 2 N–H and O–H groups in total. The molecule has 0 unspecified atom stereocenters. The van der Waals surface area contributed by atoms with E-state index in [2.05, 4.69) is 11.4 Å². The molecule has 0 saturated carbocycles. The minimum atomic E-state index is -4.24. The first-order valence-electron chi connectivity index (χ1n) is 5.76. The first kappa shape index (κ1) is 28.6. The molecule has 18 heavy (non-hydrogen) atoms. The van der Waals surface area contributed by atoms with E-state index in [1.165, 1.54) is 32.1 Å². The Morgan fingerprint density at radius 3 is 1.67 bits per heavy atom. The maximum absolute atomic E-state index is 10.3. The van der Waals surface area contributed by atoms with Gasteiger partial charge in [0.05, 0.1) is 6.61 Å². The van der Waals surface area contributed by atoms with E-state index >= 15 is 0 Å². The fourth-order valence-electron chi connectivity index (χ4n) is 1.42. The standard InChI is InChI=1S/C10H23O4P.3Mg.6H/c1-2-3-4-5-6-7-8-9-10-14-15(11,12)13;;;;;;;;;/h2-10H2,1H3,(H2,11,12,13);;;;;;;;;/q;3*+2;6*-1. The van der Waals surface area contributed by atoms with Crippen molar-refractivity contribution in [3.8, 4) is 0 Å². The van der Waals surface area contributed by atoms with Crippen molar-refractivity contribution in [2.75, 3.05) is 6.61 Å². The van der Waals surface area contributed by atoms with Gasteiger partial charge in [-0.1, -0.05) is 51.9 Å².